The van der Waals surface area contributed by atoms with E-state index in [2.05, 4.69) is 6.58 Å². The van der Waals surface area contributed by atoms with Crippen molar-refractivity contribution in [2.24, 2.45) is 0 Å². The van der Waals surface area contributed by atoms with Gasteiger partial charge in [0.1, 0.15) is 5.70 Å². The summed E-state index contributed by atoms with van der Waals surface area (Å²) >= 11 is 0. The van der Waals surface area contributed by atoms with Gasteiger partial charge >= 0.3 is 5.97 Å². The van der Waals surface area contributed by atoms with Gasteiger partial charge in [0, 0.05) is 0 Å². The minimum absolute atomic E-state index is 0.0421. The number of fused-ring (bicyclic) bond motifs is 1. The summed E-state index contributed by atoms with van der Waals surface area (Å²) in [5, 5.41) is 9.19. The van der Waals surface area contributed by atoms with Crippen molar-refractivity contribution in [2.75, 3.05) is 11.5 Å². The van der Waals surface area contributed by atoms with Crippen molar-refractivity contribution in [3.05, 3.63) is 24.4 Å². The zero-order valence-electron chi connectivity index (χ0n) is 9.63. The second kappa shape index (κ2) is 4.96. The molecule has 2 rings (SSSR count). The van der Waals surface area contributed by atoms with Crippen molar-refractivity contribution in [3.8, 4) is 0 Å². The van der Waals surface area contributed by atoms with Crippen LogP contribution in [0.25, 0.3) is 0 Å². The maximum atomic E-state index is 11.5. The highest BCUT2D eigenvalue weighted by molar-refractivity contribution is 8.17. The molecule has 1 saturated heterocycles. The molecular weight excluding hydrogens is 238 g/mol. The Labute approximate surface area is 103 Å². The van der Waals surface area contributed by atoms with Gasteiger partial charge in [0.25, 0.3) is 0 Å². The molecule has 2 heterocycles. The van der Waals surface area contributed by atoms with Crippen LogP contribution in [0.4, 0.5) is 0 Å². The molecule has 2 aliphatic rings. The summed E-state index contributed by atoms with van der Waals surface area (Å²) in [4.78, 5) is 24.0. The Kier molecular flexibility index (Phi) is 3.57. The fraction of sp³-hybridized carbons (Fsp3) is 0.500. The second-order valence-electron chi connectivity index (χ2n) is 4.27. The first-order valence-electron chi connectivity index (χ1n) is 5.75. The standard InChI is InChI=1S/C12H17NO3S/c1-2-3-4-6-17-7-5-9(12(15)16)13-10(14)8-11(13)17/h2,5,11,17H,1,3-4,6-8H2,(H,15,16). The van der Waals surface area contributed by atoms with Crippen LogP contribution in [0.1, 0.15) is 19.3 Å². The highest BCUT2D eigenvalue weighted by atomic mass is 32.2. The lowest BCUT2D eigenvalue weighted by atomic mass is 10.1. The summed E-state index contributed by atoms with van der Waals surface area (Å²) in [5.74, 6) is 0.908. The maximum absolute atomic E-state index is 11.5. The smallest absolute Gasteiger partial charge is 0.352 e. The number of thiol groups is 1. The molecule has 4 nitrogen and oxygen atoms in total. The van der Waals surface area contributed by atoms with Gasteiger partial charge in [-0.1, -0.05) is 6.08 Å². The lowest BCUT2D eigenvalue weighted by Crippen LogP contribution is -2.55. The van der Waals surface area contributed by atoms with Crippen LogP contribution in [0.5, 0.6) is 0 Å². The third-order valence-corrected chi connectivity index (χ3v) is 6.00. The first-order chi connectivity index (χ1) is 8.15. The number of rotatable bonds is 5. The van der Waals surface area contributed by atoms with Crippen molar-refractivity contribution >= 4 is 22.8 Å². The van der Waals surface area contributed by atoms with E-state index in [4.69, 9.17) is 5.11 Å². The predicted molar refractivity (Wildman–Crippen MR) is 69.1 cm³/mol. The van der Waals surface area contributed by atoms with Crippen LogP contribution in [0, 0.1) is 0 Å². The maximum Gasteiger partial charge on any atom is 0.352 e. The Morgan fingerprint density at radius 3 is 3.06 bits per heavy atom. The normalized spacial score (nSPS) is 29.1. The first kappa shape index (κ1) is 12.2. The minimum Gasteiger partial charge on any atom is -0.477 e. The Bertz CT molecular complexity index is 391. The molecule has 0 aromatic rings. The number of carbonyl (C=O) groups is 2. The zero-order valence-corrected chi connectivity index (χ0v) is 10.5. The summed E-state index contributed by atoms with van der Waals surface area (Å²) in [6, 6.07) is 0. The van der Waals surface area contributed by atoms with E-state index >= 15 is 0 Å². The molecular formula is C12H17NO3S. The van der Waals surface area contributed by atoms with E-state index in [1.165, 1.54) is 4.90 Å². The first-order valence-corrected chi connectivity index (χ1v) is 7.53. The number of β-lactam (4-membered cyclic amide) rings is 1. The van der Waals surface area contributed by atoms with Gasteiger partial charge in [-0.05, 0) is 30.4 Å². The fourth-order valence-electron chi connectivity index (χ4n) is 2.28. The Morgan fingerprint density at radius 1 is 1.71 bits per heavy atom. The van der Waals surface area contributed by atoms with Crippen LogP contribution in [-0.2, 0) is 9.59 Å². The van der Waals surface area contributed by atoms with E-state index in [1.54, 1.807) is 6.08 Å². The Hall–Kier alpha value is -1.23. The molecule has 0 bridgehead atoms. The van der Waals surface area contributed by atoms with Gasteiger partial charge < -0.3 is 5.11 Å². The molecule has 94 valence electrons. The number of unbranched alkanes of at least 4 members (excludes halogenated alkanes) is 1. The highest BCUT2D eigenvalue weighted by Crippen LogP contribution is 2.47. The SMILES string of the molecule is C=CCCC[SH]1CC=C(C(=O)O)N2C(=O)CC21. The Morgan fingerprint density at radius 2 is 2.47 bits per heavy atom. The van der Waals surface area contributed by atoms with E-state index in [1.807, 2.05) is 6.08 Å². The van der Waals surface area contributed by atoms with Crippen LogP contribution in [-0.4, -0.2) is 38.8 Å². The van der Waals surface area contributed by atoms with Gasteiger partial charge in [0.2, 0.25) is 5.91 Å². The van der Waals surface area contributed by atoms with Crippen LogP contribution >= 0.6 is 10.9 Å². The summed E-state index contributed by atoms with van der Waals surface area (Å²) in [6.07, 6.45) is 6.24. The van der Waals surface area contributed by atoms with Gasteiger partial charge in [-0.15, -0.1) is 6.58 Å². The number of hydrogen-bond acceptors (Lipinski definition) is 2. The van der Waals surface area contributed by atoms with E-state index in [0.717, 1.165) is 24.3 Å². The number of aliphatic carboxylic acids is 1. The lowest BCUT2D eigenvalue weighted by Gasteiger charge is -2.49. The van der Waals surface area contributed by atoms with E-state index in [9.17, 15) is 9.59 Å². The van der Waals surface area contributed by atoms with Gasteiger partial charge in [-0.25, -0.2) is 15.7 Å². The monoisotopic (exact) mass is 255 g/mol. The molecule has 2 unspecified atom stereocenters. The van der Waals surface area contributed by atoms with Crippen LogP contribution in [0.15, 0.2) is 24.4 Å². The van der Waals surface area contributed by atoms with Crippen LogP contribution < -0.4 is 0 Å². The second-order valence-corrected chi connectivity index (χ2v) is 6.85. The summed E-state index contributed by atoms with van der Waals surface area (Å²) < 4.78 is 0. The average Bonchev–Trinajstić information content (AvgIpc) is 2.28. The molecule has 0 radical (unpaired) electrons. The topological polar surface area (TPSA) is 57.6 Å². The highest BCUT2D eigenvalue weighted by Gasteiger charge is 2.45. The fourth-order valence-corrected chi connectivity index (χ4v) is 4.99. The van der Waals surface area contributed by atoms with Crippen molar-refractivity contribution in [1.29, 1.82) is 0 Å². The average molecular weight is 255 g/mol. The number of carboxylic acids is 1. The summed E-state index contributed by atoms with van der Waals surface area (Å²) in [5.41, 5.74) is 0.189. The van der Waals surface area contributed by atoms with Crippen LogP contribution in [0.2, 0.25) is 0 Å². The third kappa shape index (κ3) is 2.24. The third-order valence-electron chi connectivity index (χ3n) is 3.20. The molecule has 2 atom stereocenters. The van der Waals surface area contributed by atoms with Gasteiger partial charge in [-0.3, -0.25) is 9.69 Å². The van der Waals surface area contributed by atoms with E-state index < -0.39 is 5.97 Å². The molecule has 0 aromatic carbocycles. The Balaban J connectivity index is 2.03. The number of carbonyl (C=O) groups excluding carboxylic acids is 1. The number of amides is 1. The molecule has 0 aliphatic carbocycles. The molecule has 2 aliphatic heterocycles. The van der Waals surface area contributed by atoms with Gasteiger partial charge in [0.05, 0.1) is 11.8 Å². The number of allylic oxidation sites excluding steroid dienone is 1. The van der Waals surface area contributed by atoms with Crippen molar-refractivity contribution in [3.63, 3.8) is 0 Å². The molecule has 1 N–H and O–H groups in total. The van der Waals surface area contributed by atoms with Gasteiger partial charge in [-0.2, -0.15) is 0 Å². The quantitative estimate of drug-likeness (QED) is 0.339. The number of nitrogens with zero attached hydrogens (tertiary/aromatic N) is 1. The van der Waals surface area contributed by atoms with E-state index in [0.29, 0.717) is 6.42 Å². The molecule has 5 heteroatoms. The summed E-state index contributed by atoms with van der Waals surface area (Å²) in [7, 11) is -0.258. The molecule has 0 aromatic heterocycles. The van der Waals surface area contributed by atoms with E-state index in [-0.39, 0.29) is 27.9 Å². The minimum atomic E-state index is -0.983. The molecule has 1 fully saturated rings. The molecule has 1 amide bonds. The number of hydrogen-bond donors (Lipinski definition) is 2. The van der Waals surface area contributed by atoms with Crippen molar-refractivity contribution in [1.82, 2.24) is 4.90 Å². The zero-order chi connectivity index (χ0) is 12.4. The molecule has 0 saturated carbocycles. The lowest BCUT2D eigenvalue weighted by molar-refractivity contribution is -0.146. The predicted octanol–water partition coefficient (Wildman–Crippen LogP) is 1.49. The largest absolute Gasteiger partial charge is 0.477 e. The van der Waals surface area contributed by atoms with Crippen molar-refractivity contribution < 1.29 is 14.7 Å². The molecule has 17 heavy (non-hydrogen) atoms. The summed E-state index contributed by atoms with van der Waals surface area (Å²) in [6.45, 7) is 3.69. The molecule has 0 spiro atoms. The van der Waals surface area contributed by atoms with Crippen LogP contribution in [0.3, 0.4) is 0 Å². The van der Waals surface area contributed by atoms with Crippen molar-refractivity contribution in [2.45, 2.75) is 24.6 Å². The number of carboxylic acid groups (broad SMARTS) is 1. The van der Waals surface area contributed by atoms with Gasteiger partial charge in [0.15, 0.2) is 0 Å².